The van der Waals surface area contributed by atoms with Crippen molar-refractivity contribution >= 4 is 50.5 Å². The van der Waals surface area contributed by atoms with Gasteiger partial charge in [-0.05, 0) is 46.9 Å². The highest BCUT2D eigenvalue weighted by molar-refractivity contribution is 14.1. The van der Waals surface area contributed by atoms with E-state index in [1.807, 2.05) is 12.1 Å². The van der Waals surface area contributed by atoms with Crippen molar-refractivity contribution in [1.29, 1.82) is 0 Å². The van der Waals surface area contributed by atoms with E-state index in [1.54, 1.807) is 30.3 Å². The van der Waals surface area contributed by atoms with Crippen LogP contribution in [0.25, 0.3) is 16.9 Å². The second-order valence-corrected chi connectivity index (χ2v) is 7.85. The molecule has 0 amide bonds. The number of benzene rings is 2. The van der Waals surface area contributed by atoms with Gasteiger partial charge in [0.1, 0.15) is 17.0 Å². The summed E-state index contributed by atoms with van der Waals surface area (Å²) in [5.41, 5.74) is 1.34. The van der Waals surface area contributed by atoms with E-state index in [0.717, 1.165) is 8.04 Å². The third kappa shape index (κ3) is 4.01. The average Bonchev–Trinajstić information content (AvgIpc) is 3.13. The Bertz CT molecular complexity index is 1080. The number of esters is 2. The van der Waals surface area contributed by atoms with Gasteiger partial charge in [-0.3, -0.25) is 0 Å². The molecule has 9 heteroatoms. The zero-order chi connectivity index (χ0) is 21.1. The minimum absolute atomic E-state index is 0.00426. The summed E-state index contributed by atoms with van der Waals surface area (Å²) in [4.78, 5) is 25.4. The predicted molar refractivity (Wildman–Crippen MR) is 119 cm³/mol. The van der Waals surface area contributed by atoms with Crippen molar-refractivity contribution in [2.75, 3.05) is 21.3 Å². The van der Waals surface area contributed by atoms with Crippen molar-refractivity contribution in [3.8, 4) is 22.7 Å². The van der Waals surface area contributed by atoms with Gasteiger partial charge in [-0.2, -0.15) is 5.10 Å². The highest BCUT2D eigenvalue weighted by atomic mass is 127. The van der Waals surface area contributed by atoms with Crippen LogP contribution in [0.5, 0.6) is 5.75 Å². The van der Waals surface area contributed by atoms with Gasteiger partial charge in [0.2, 0.25) is 0 Å². The first-order valence-electron chi connectivity index (χ1n) is 8.31. The summed E-state index contributed by atoms with van der Waals surface area (Å²) in [5, 5.41) is 4.59. The van der Waals surface area contributed by atoms with Crippen molar-refractivity contribution in [1.82, 2.24) is 9.78 Å². The molecule has 0 bridgehead atoms. The summed E-state index contributed by atoms with van der Waals surface area (Å²) in [6.07, 6.45) is 0. The molecule has 0 saturated heterocycles. The highest BCUT2D eigenvalue weighted by Gasteiger charge is 2.32. The van der Waals surface area contributed by atoms with Crippen molar-refractivity contribution in [3.05, 3.63) is 61.8 Å². The normalized spacial score (nSPS) is 10.5. The standard InChI is InChI=1S/C20H16BrIN2O5/c1-27-18-13(9-11(21)10-14(18)22)16-15(19(25)28-2)17(20(26)29-3)24(23-16)12-7-5-4-6-8-12/h4-10H,1-3H3. The minimum Gasteiger partial charge on any atom is -0.495 e. The minimum atomic E-state index is -0.711. The van der Waals surface area contributed by atoms with Gasteiger partial charge in [0.15, 0.2) is 5.69 Å². The number of hydrogen-bond acceptors (Lipinski definition) is 6. The van der Waals surface area contributed by atoms with Gasteiger partial charge in [0.25, 0.3) is 0 Å². The van der Waals surface area contributed by atoms with Crippen LogP contribution in [-0.2, 0) is 9.47 Å². The number of carbonyl (C=O) groups excluding carboxylic acids is 2. The summed E-state index contributed by atoms with van der Waals surface area (Å²) in [7, 11) is 4.02. The smallest absolute Gasteiger partial charge is 0.357 e. The number of rotatable bonds is 5. The van der Waals surface area contributed by atoms with Crippen LogP contribution in [0.1, 0.15) is 20.8 Å². The van der Waals surface area contributed by atoms with E-state index >= 15 is 0 Å². The first-order chi connectivity index (χ1) is 13.9. The van der Waals surface area contributed by atoms with Gasteiger partial charge in [0.05, 0.1) is 30.6 Å². The molecule has 0 fully saturated rings. The average molecular weight is 571 g/mol. The van der Waals surface area contributed by atoms with Crippen molar-refractivity contribution in [2.24, 2.45) is 0 Å². The van der Waals surface area contributed by atoms with Gasteiger partial charge in [-0.25, -0.2) is 14.3 Å². The van der Waals surface area contributed by atoms with E-state index in [-0.39, 0.29) is 17.0 Å². The van der Waals surface area contributed by atoms with Crippen LogP contribution >= 0.6 is 38.5 Å². The fourth-order valence-electron chi connectivity index (χ4n) is 2.89. The second-order valence-electron chi connectivity index (χ2n) is 5.77. The van der Waals surface area contributed by atoms with Crippen LogP contribution in [0, 0.1) is 3.57 Å². The molecule has 0 unspecified atom stereocenters. The largest absolute Gasteiger partial charge is 0.495 e. The summed E-state index contributed by atoms with van der Waals surface area (Å²) in [6.45, 7) is 0. The fourth-order valence-corrected chi connectivity index (χ4v) is 4.62. The third-order valence-electron chi connectivity index (χ3n) is 4.12. The van der Waals surface area contributed by atoms with E-state index in [2.05, 4.69) is 43.6 Å². The highest BCUT2D eigenvalue weighted by Crippen LogP contribution is 2.39. The predicted octanol–water partition coefficient (Wildman–Crippen LogP) is 4.49. The topological polar surface area (TPSA) is 79.7 Å². The van der Waals surface area contributed by atoms with Crippen LogP contribution < -0.4 is 4.74 Å². The molecular formula is C20H16BrIN2O5. The Labute approximate surface area is 189 Å². The molecule has 1 aromatic heterocycles. The van der Waals surface area contributed by atoms with E-state index in [1.165, 1.54) is 26.0 Å². The Balaban J connectivity index is 2.44. The Hall–Kier alpha value is -2.40. The quantitative estimate of drug-likeness (QED) is 0.332. The number of halogens is 2. The van der Waals surface area contributed by atoms with Gasteiger partial charge >= 0.3 is 11.9 Å². The van der Waals surface area contributed by atoms with Crippen LogP contribution in [0.15, 0.2) is 46.9 Å². The molecule has 3 aromatic rings. The third-order valence-corrected chi connectivity index (χ3v) is 5.38. The molecule has 0 aliphatic heterocycles. The zero-order valence-corrected chi connectivity index (χ0v) is 19.5. The summed E-state index contributed by atoms with van der Waals surface area (Å²) in [6, 6.07) is 12.6. The van der Waals surface area contributed by atoms with Crippen LogP contribution in [0.2, 0.25) is 0 Å². The number of aromatic nitrogens is 2. The van der Waals surface area contributed by atoms with Crippen molar-refractivity contribution < 1.29 is 23.8 Å². The van der Waals surface area contributed by atoms with Crippen molar-refractivity contribution in [3.63, 3.8) is 0 Å². The molecule has 0 saturated carbocycles. The summed E-state index contributed by atoms with van der Waals surface area (Å²) >= 11 is 5.59. The Kier molecular flexibility index (Phi) is 6.58. The van der Waals surface area contributed by atoms with Gasteiger partial charge in [0, 0.05) is 10.0 Å². The molecule has 29 heavy (non-hydrogen) atoms. The molecule has 1 heterocycles. The zero-order valence-electron chi connectivity index (χ0n) is 15.7. The summed E-state index contributed by atoms with van der Waals surface area (Å²) in [5.74, 6) is -0.899. The SMILES string of the molecule is COC(=O)c1c(-c2cc(Br)cc(I)c2OC)nn(-c2ccccc2)c1C(=O)OC. The number of para-hydroxylation sites is 1. The van der Waals surface area contributed by atoms with E-state index in [4.69, 9.17) is 14.2 Å². The summed E-state index contributed by atoms with van der Waals surface area (Å²) < 4.78 is 18.4. The first kappa shape index (κ1) is 21.3. The number of ether oxygens (including phenoxy) is 3. The lowest BCUT2D eigenvalue weighted by Crippen LogP contribution is -2.15. The van der Waals surface area contributed by atoms with Gasteiger partial charge in [-0.15, -0.1) is 0 Å². The molecule has 3 rings (SSSR count). The maximum absolute atomic E-state index is 12.7. The Morgan fingerprint density at radius 2 is 1.69 bits per heavy atom. The lowest BCUT2D eigenvalue weighted by atomic mass is 10.0. The fraction of sp³-hybridized carbons (Fsp3) is 0.150. The lowest BCUT2D eigenvalue weighted by Gasteiger charge is -2.11. The molecule has 7 nitrogen and oxygen atoms in total. The maximum Gasteiger partial charge on any atom is 0.357 e. The monoisotopic (exact) mass is 570 g/mol. The lowest BCUT2D eigenvalue weighted by molar-refractivity contribution is 0.0549. The maximum atomic E-state index is 12.7. The molecule has 0 N–H and O–H groups in total. The molecule has 0 radical (unpaired) electrons. The van der Waals surface area contributed by atoms with Crippen LogP contribution in [0.3, 0.4) is 0 Å². The molecule has 2 aromatic carbocycles. The van der Waals surface area contributed by atoms with Crippen LogP contribution in [0.4, 0.5) is 0 Å². The number of nitrogens with zero attached hydrogens (tertiary/aromatic N) is 2. The molecule has 0 aliphatic rings. The number of carbonyl (C=O) groups is 2. The first-order valence-corrected chi connectivity index (χ1v) is 10.2. The number of methoxy groups -OCH3 is 3. The van der Waals surface area contributed by atoms with Gasteiger partial charge in [-0.1, -0.05) is 34.1 Å². The Morgan fingerprint density at radius 3 is 2.28 bits per heavy atom. The van der Waals surface area contributed by atoms with E-state index < -0.39 is 11.9 Å². The molecule has 0 spiro atoms. The molecule has 0 aliphatic carbocycles. The van der Waals surface area contributed by atoms with Crippen LogP contribution in [-0.4, -0.2) is 43.0 Å². The number of hydrogen-bond donors (Lipinski definition) is 0. The molecule has 0 atom stereocenters. The van der Waals surface area contributed by atoms with Gasteiger partial charge < -0.3 is 14.2 Å². The van der Waals surface area contributed by atoms with E-state index in [9.17, 15) is 9.59 Å². The second kappa shape index (κ2) is 8.95. The van der Waals surface area contributed by atoms with Crippen molar-refractivity contribution in [2.45, 2.75) is 0 Å². The van der Waals surface area contributed by atoms with E-state index in [0.29, 0.717) is 17.0 Å². The molecular weight excluding hydrogens is 555 g/mol. The molecule has 150 valence electrons. The Morgan fingerprint density at radius 1 is 1.03 bits per heavy atom.